The summed E-state index contributed by atoms with van der Waals surface area (Å²) in [5, 5.41) is 10.7. The fraction of sp³-hybridized carbons (Fsp3) is 0.588. The van der Waals surface area contributed by atoms with Gasteiger partial charge in [-0.2, -0.15) is 0 Å². The number of benzene rings is 1. The first-order chi connectivity index (χ1) is 9.99. The van der Waals surface area contributed by atoms with Crippen molar-refractivity contribution in [1.29, 1.82) is 0 Å². The molecule has 114 valence electrons. The summed E-state index contributed by atoms with van der Waals surface area (Å²) in [6.07, 6.45) is 4.85. The highest BCUT2D eigenvalue weighted by Gasteiger charge is 2.43. The van der Waals surface area contributed by atoms with Gasteiger partial charge < -0.3 is 15.7 Å². The average Bonchev–Trinajstić information content (AvgIpc) is 2.48. The number of anilines is 1. The Morgan fingerprint density at radius 3 is 3.00 bits per heavy atom. The number of carbonyl (C=O) groups is 1. The van der Waals surface area contributed by atoms with Crippen molar-refractivity contribution in [2.75, 3.05) is 18.8 Å². The molecule has 4 nitrogen and oxygen atoms in total. The zero-order valence-electron chi connectivity index (χ0n) is 12.6. The van der Waals surface area contributed by atoms with Gasteiger partial charge in [-0.3, -0.25) is 4.79 Å². The van der Waals surface area contributed by atoms with E-state index in [0.717, 1.165) is 31.2 Å². The average molecular weight is 288 g/mol. The van der Waals surface area contributed by atoms with Crippen molar-refractivity contribution in [3.8, 4) is 0 Å². The molecule has 1 amide bonds. The van der Waals surface area contributed by atoms with Crippen LogP contribution in [-0.2, 0) is 0 Å². The lowest BCUT2D eigenvalue weighted by atomic mass is 9.71. The van der Waals surface area contributed by atoms with Crippen LogP contribution < -0.4 is 5.73 Å². The van der Waals surface area contributed by atoms with Crippen molar-refractivity contribution in [2.24, 2.45) is 5.92 Å². The number of nitrogens with zero attached hydrogens (tertiary/aromatic N) is 1. The van der Waals surface area contributed by atoms with Crippen LogP contribution in [0.5, 0.6) is 0 Å². The predicted molar refractivity (Wildman–Crippen MR) is 83.0 cm³/mol. The number of carbonyl (C=O) groups excluding carboxylic acids is 1. The molecule has 0 bridgehead atoms. The number of nitrogens with two attached hydrogens (primary N) is 1. The molecule has 0 spiro atoms. The molecule has 1 saturated heterocycles. The first-order valence-corrected chi connectivity index (χ1v) is 7.87. The number of hydrogen-bond acceptors (Lipinski definition) is 3. The third kappa shape index (κ3) is 2.64. The van der Waals surface area contributed by atoms with E-state index in [9.17, 15) is 9.90 Å². The molecule has 2 aliphatic rings. The third-order valence-corrected chi connectivity index (χ3v) is 5.15. The Balaban J connectivity index is 1.79. The minimum Gasteiger partial charge on any atom is -0.398 e. The van der Waals surface area contributed by atoms with E-state index in [2.05, 4.69) is 0 Å². The number of hydrogen-bond donors (Lipinski definition) is 2. The molecule has 4 heteroatoms. The summed E-state index contributed by atoms with van der Waals surface area (Å²) in [6, 6.07) is 5.57. The largest absolute Gasteiger partial charge is 0.398 e. The highest BCUT2D eigenvalue weighted by Crippen LogP contribution is 2.40. The van der Waals surface area contributed by atoms with E-state index in [1.807, 2.05) is 24.0 Å². The van der Waals surface area contributed by atoms with Crippen LogP contribution >= 0.6 is 0 Å². The third-order valence-electron chi connectivity index (χ3n) is 5.15. The SMILES string of the molecule is Cc1ccc(N)c(C(=O)N2CCC3(O)CCCCC3C2)c1. The molecule has 2 unspecified atom stereocenters. The van der Waals surface area contributed by atoms with Crippen molar-refractivity contribution in [3.63, 3.8) is 0 Å². The van der Waals surface area contributed by atoms with E-state index in [-0.39, 0.29) is 11.8 Å². The number of rotatable bonds is 1. The zero-order valence-corrected chi connectivity index (χ0v) is 12.6. The van der Waals surface area contributed by atoms with Gasteiger partial charge in [-0.05, 0) is 38.3 Å². The second-order valence-electron chi connectivity index (χ2n) is 6.64. The minimum absolute atomic E-state index is 0.00354. The Morgan fingerprint density at radius 2 is 2.19 bits per heavy atom. The number of piperidine rings is 1. The molecule has 1 aliphatic carbocycles. The number of aliphatic hydroxyl groups is 1. The van der Waals surface area contributed by atoms with Gasteiger partial charge >= 0.3 is 0 Å². The van der Waals surface area contributed by atoms with E-state index < -0.39 is 5.60 Å². The molecule has 1 saturated carbocycles. The monoisotopic (exact) mass is 288 g/mol. The highest BCUT2D eigenvalue weighted by atomic mass is 16.3. The predicted octanol–water partition coefficient (Wildman–Crippen LogP) is 2.34. The van der Waals surface area contributed by atoms with Crippen LogP contribution in [0.2, 0.25) is 0 Å². The molecule has 0 aromatic heterocycles. The molecule has 1 aliphatic heterocycles. The zero-order chi connectivity index (χ0) is 15.0. The van der Waals surface area contributed by atoms with Gasteiger partial charge in [0.2, 0.25) is 0 Å². The smallest absolute Gasteiger partial charge is 0.255 e. The minimum atomic E-state index is -0.548. The molecule has 1 heterocycles. The summed E-state index contributed by atoms with van der Waals surface area (Å²) in [5.41, 5.74) is 7.58. The van der Waals surface area contributed by atoms with Gasteiger partial charge in [0.25, 0.3) is 5.91 Å². The standard InChI is InChI=1S/C17H24N2O2/c1-12-5-6-15(18)14(10-12)16(20)19-9-8-17(21)7-3-2-4-13(17)11-19/h5-6,10,13,21H,2-4,7-9,11,18H2,1H3. The summed E-state index contributed by atoms with van der Waals surface area (Å²) in [7, 11) is 0. The summed E-state index contributed by atoms with van der Waals surface area (Å²) in [6.45, 7) is 3.24. The van der Waals surface area contributed by atoms with Gasteiger partial charge in [-0.25, -0.2) is 0 Å². The summed E-state index contributed by atoms with van der Waals surface area (Å²) in [4.78, 5) is 14.6. The van der Waals surface area contributed by atoms with Gasteiger partial charge in [0.15, 0.2) is 0 Å². The molecule has 3 N–H and O–H groups in total. The fourth-order valence-corrected chi connectivity index (χ4v) is 3.78. The van der Waals surface area contributed by atoms with Crippen LogP contribution in [0.1, 0.15) is 48.0 Å². The van der Waals surface area contributed by atoms with Gasteiger partial charge in [0.05, 0.1) is 11.2 Å². The Hall–Kier alpha value is -1.55. The van der Waals surface area contributed by atoms with Gasteiger partial charge in [0.1, 0.15) is 0 Å². The van der Waals surface area contributed by atoms with E-state index in [4.69, 9.17) is 5.73 Å². The first-order valence-electron chi connectivity index (χ1n) is 7.87. The van der Waals surface area contributed by atoms with Crippen LogP contribution in [0.25, 0.3) is 0 Å². The summed E-state index contributed by atoms with van der Waals surface area (Å²) in [5.74, 6) is 0.221. The fourth-order valence-electron chi connectivity index (χ4n) is 3.78. The van der Waals surface area contributed by atoms with Gasteiger partial charge in [0, 0.05) is 24.7 Å². The molecule has 0 radical (unpaired) electrons. The first kappa shape index (κ1) is 14.4. The Labute approximate surface area is 125 Å². The lowest BCUT2D eigenvalue weighted by Gasteiger charge is -2.47. The molecule has 2 fully saturated rings. The van der Waals surface area contributed by atoms with E-state index >= 15 is 0 Å². The second-order valence-corrected chi connectivity index (χ2v) is 6.64. The lowest BCUT2D eigenvalue weighted by Crippen LogP contribution is -2.54. The molecule has 2 atom stereocenters. The van der Waals surface area contributed by atoms with Crippen molar-refractivity contribution in [2.45, 2.75) is 44.6 Å². The molecule has 3 rings (SSSR count). The van der Waals surface area contributed by atoms with Crippen molar-refractivity contribution < 1.29 is 9.90 Å². The molecule has 1 aromatic carbocycles. The molecule has 1 aromatic rings. The highest BCUT2D eigenvalue weighted by molar-refractivity contribution is 5.99. The van der Waals surface area contributed by atoms with Crippen LogP contribution in [0, 0.1) is 12.8 Å². The molecular formula is C17H24N2O2. The maximum atomic E-state index is 12.7. The maximum Gasteiger partial charge on any atom is 0.255 e. The van der Waals surface area contributed by atoms with Gasteiger partial charge in [-0.1, -0.05) is 24.5 Å². The molecular weight excluding hydrogens is 264 g/mol. The topological polar surface area (TPSA) is 66.6 Å². The van der Waals surface area contributed by atoms with Crippen molar-refractivity contribution in [3.05, 3.63) is 29.3 Å². The van der Waals surface area contributed by atoms with Crippen molar-refractivity contribution >= 4 is 11.6 Å². The quantitative estimate of drug-likeness (QED) is 0.780. The number of fused-ring (bicyclic) bond motifs is 1. The number of aryl methyl sites for hydroxylation is 1. The second kappa shape index (κ2) is 5.34. The Bertz CT molecular complexity index is 558. The maximum absolute atomic E-state index is 12.7. The normalized spacial score (nSPS) is 29.0. The number of likely N-dealkylation sites (tertiary alicyclic amines) is 1. The van der Waals surface area contributed by atoms with E-state index in [1.165, 1.54) is 0 Å². The van der Waals surface area contributed by atoms with Crippen molar-refractivity contribution in [1.82, 2.24) is 4.90 Å². The van der Waals surface area contributed by atoms with Crippen LogP contribution in [0.4, 0.5) is 5.69 Å². The van der Waals surface area contributed by atoms with E-state index in [0.29, 0.717) is 30.8 Å². The van der Waals surface area contributed by atoms with E-state index in [1.54, 1.807) is 6.07 Å². The Kier molecular flexibility index (Phi) is 3.66. The van der Waals surface area contributed by atoms with Crippen LogP contribution in [0.3, 0.4) is 0 Å². The summed E-state index contributed by atoms with van der Waals surface area (Å²) >= 11 is 0. The lowest BCUT2D eigenvalue weighted by molar-refractivity contribution is -0.0886. The number of amides is 1. The van der Waals surface area contributed by atoms with Gasteiger partial charge in [-0.15, -0.1) is 0 Å². The Morgan fingerprint density at radius 1 is 1.38 bits per heavy atom. The summed E-state index contributed by atoms with van der Waals surface area (Å²) < 4.78 is 0. The van der Waals surface area contributed by atoms with Crippen LogP contribution in [0.15, 0.2) is 18.2 Å². The van der Waals surface area contributed by atoms with Crippen LogP contribution in [-0.4, -0.2) is 34.6 Å². The molecule has 21 heavy (non-hydrogen) atoms. The number of nitrogen functional groups attached to an aromatic ring is 1.